The molecular formula is C45H39FO3. The van der Waals surface area contributed by atoms with E-state index >= 15 is 0 Å². The predicted molar refractivity (Wildman–Crippen MR) is 197 cm³/mol. The number of halogens is 1. The molecule has 7 rings (SSSR count). The Morgan fingerprint density at radius 3 is 2.02 bits per heavy atom. The maximum absolute atomic E-state index is 14.1. The lowest BCUT2D eigenvalue weighted by Gasteiger charge is -2.37. The Morgan fingerprint density at radius 2 is 1.35 bits per heavy atom. The van der Waals surface area contributed by atoms with Gasteiger partial charge in [-0.05, 0) is 89.4 Å². The smallest absolute Gasteiger partial charge is 0.338 e. The van der Waals surface area contributed by atoms with Crippen molar-refractivity contribution in [3.63, 3.8) is 0 Å². The minimum Gasteiger partial charge on any atom is -0.472 e. The summed E-state index contributed by atoms with van der Waals surface area (Å²) >= 11 is 0. The normalized spacial score (nSPS) is 15.1. The van der Waals surface area contributed by atoms with Crippen molar-refractivity contribution in [2.24, 2.45) is 0 Å². The molecule has 0 aliphatic carbocycles. The van der Waals surface area contributed by atoms with Gasteiger partial charge in [0.2, 0.25) is 0 Å². The fourth-order valence-corrected chi connectivity index (χ4v) is 6.78. The molecule has 3 nitrogen and oxygen atoms in total. The van der Waals surface area contributed by atoms with Crippen molar-refractivity contribution < 1.29 is 18.7 Å². The summed E-state index contributed by atoms with van der Waals surface area (Å²) in [5.74, 6) is -0.149. The lowest BCUT2D eigenvalue weighted by molar-refractivity contribution is 0.0524. The van der Waals surface area contributed by atoms with Gasteiger partial charge >= 0.3 is 5.97 Å². The molecule has 4 heteroatoms. The second-order valence-electron chi connectivity index (χ2n) is 12.6. The van der Waals surface area contributed by atoms with Crippen LogP contribution in [0.15, 0.2) is 133 Å². The topological polar surface area (TPSA) is 35.5 Å². The van der Waals surface area contributed by atoms with Crippen molar-refractivity contribution in [3.8, 4) is 28.0 Å². The summed E-state index contributed by atoms with van der Waals surface area (Å²) < 4.78 is 26.6. The van der Waals surface area contributed by atoms with E-state index in [2.05, 4.69) is 73.7 Å². The van der Waals surface area contributed by atoms with Gasteiger partial charge in [-0.2, -0.15) is 0 Å². The summed E-state index contributed by atoms with van der Waals surface area (Å²) in [5, 5.41) is 1.73. The summed E-state index contributed by atoms with van der Waals surface area (Å²) in [4.78, 5) is 13.4. The first-order valence-corrected chi connectivity index (χ1v) is 17.2. The number of benzene rings is 6. The van der Waals surface area contributed by atoms with E-state index in [0.29, 0.717) is 16.9 Å². The molecule has 6 aromatic carbocycles. The Balaban J connectivity index is 1.28. The van der Waals surface area contributed by atoms with Gasteiger partial charge in [0.25, 0.3) is 0 Å². The molecule has 0 aromatic heterocycles. The summed E-state index contributed by atoms with van der Waals surface area (Å²) in [6.07, 6.45) is 8.73. The molecule has 0 N–H and O–H groups in total. The fourth-order valence-electron chi connectivity index (χ4n) is 6.78. The number of ether oxygens (including phenoxy) is 2. The molecule has 1 aliphatic rings. The highest BCUT2D eigenvalue weighted by Crippen LogP contribution is 2.47. The van der Waals surface area contributed by atoms with Gasteiger partial charge in [0.1, 0.15) is 11.6 Å². The van der Waals surface area contributed by atoms with E-state index in [1.54, 1.807) is 19.1 Å². The van der Waals surface area contributed by atoms with Crippen LogP contribution >= 0.6 is 0 Å². The SMILES string of the molecule is CCCCCc1ccc(-c2ccc(-c3ccc4c5c(c(C(=O)OCC)cc4c3)C=CC(c3ccccc3)(c3ccc(F)cc3)O5)cc2)cc1. The third-order valence-electron chi connectivity index (χ3n) is 9.42. The summed E-state index contributed by atoms with van der Waals surface area (Å²) in [6, 6.07) is 41.9. The fraction of sp³-hybridized carbons (Fsp3) is 0.178. The first kappa shape index (κ1) is 32.1. The van der Waals surface area contributed by atoms with Gasteiger partial charge < -0.3 is 9.47 Å². The number of fused-ring (bicyclic) bond motifs is 3. The van der Waals surface area contributed by atoms with E-state index in [1.165, 1.54) is 48.1 Å². The molecule has 244 valence electrons. The number of carbonyl (C=O) groups is 1. The summed E-state index contributed by atoms with van der Waals surface area (Å²) in [5.41, 5.74) is 7.57. The highest BCUT2D eigenvalue weighted by molar-refractivity contribution is 6.05. The van der Waals surface area contributed by atoms with Crippen LogP contribution in [0.25, 0.3) is 39.1 Å². The number of hydrogen-bond acceptors (Lipinski definition) is 3. The van der Waals surface area contributed by atoms with Gasteiger partial charge in [-0.25, -0.2) is 9.18 Å². The molecule has 0 bridgehead atoms. The molecule has 1 unspecified atom stereocenters. The molecule has 0 fully saturated rings. The largest absolute Gasteiger partial charge is 0.472 e. The lowest BCUT2D eigenvalue weighted by Crippen LogP contribution is -2.34. The molecular weight excluding hydrogens is 607 g/mol. The Hall–Kier alpha value is -5.48. The van der Waals surface area contributed by atoms with E-state index in [9.17, 15) is 9.18 Å². The molecule has 6 aromatic rings. The monoisotopic (exact) mass is 646 g/mol. The molecule has 1 heterocycles. The molecule has 0 saturated carbocycles. The predicted octanol–water partition coefficient (Wildman–Crippen LogP) is 11.6. The van der Waals surface area contributed by atoms with Gasteiger partial charge in [0.15, 0.2) is 5.60 Å². The zero-order valence-electron chi connectivity index (χ0n) is 27.9. The maximum Gasteiger partial charge on any atom is 0.338 e. The van der Waals surface area contributed by atoms with Crippen molar-refractivity contribution in [1.29, 1.82) is 0 Å². The number of carbonyl (C=O) groups excluding carboxylic acids is 1. The number of aryl methyl sites for hydroxylation is 1. The Kier molecular flexibility index (Phi) is 9.13. The summed E-state index contributed by atoms with van der Waals surface area (Å²) in [6.45, 7) is 4.29. The van der Waals surface area contributed by atoms with Crippen LogP contribution in [0.2, 0.25) is 0 Å². The van der Waals surface area contributed by atoms with Gasteiger partial charge in [0, 0.05) is 22.1 Å². The average Bonchev–Trinajstić information content (AvgIpc) is 3.15. The Morgan fingerprint density at radius 1 is 0.714 bits per heavy atom. The van der Waals surface area contributed by atoms with Crippen LogP contribution in [0.4, 0.5) is 4.39 Å². The number of unbranched alkanes of at least 4 members (excludes halogenated alkanes) is 2. The quantitative estimate of drug-likeness (QED) is 0.110. The molecule has 0 saturated heterocycles. The first-order chi connectivity index (χ1) is 24.0. The van der Waals surface area contributed by atoms with Crippen molar-refractivity contribution in [3.05, 3.63) is 167 Å². The molecule has 0 spiro atoms. The van der Waals surface area contributed by atoms with Crippen LogP contribution in [0.1, 0.15) is 65.7 Å². The minimum atomic E-state index is -1.04. The van der Waals surface area contributed by atoms with Crippen LogP contribution in [0, 0.1) is 5.82 Å². The van der Waals surface area contributed by atoms with E-state index in [0.717, 1.165) is 39.4 Å². The molecule has 0 radical (unpaired) electrons. The van der Waals surface area contributed by atoms with Gasteiger partial charge in [-0.1, -0.05) is 123 Å². The van der Waals surface area contributed by atoms with Crippen molar-refractivity contribution >= 4 is 22.8 Å². The van der Waals surface area contributed by atoms with E-state index in [-0.39, 0.29) is 12.4 Å². The third kappa shape index (κ3) is 6.39. The Bertz CT molecular complexity index is 2110. The van der Waals surface area contributed by atoms with Gasteiger partial charge in [-0.3, -0.25) is 0 Å². The highest BCUT2D eigenvalue weighted by Gasteiger charge is 2.39. The molecule has 1 aliphatic heterocycles. The second kappa shape index (κ2) is 13.9. The second-order valence-corrected chi connectivity index (χ2v) is 12.6. The lowest BCUT2D eigenvalue weighted by atomic mass is 9.82. The maximum atomic E-state index is 14.1. The molecule has 1 atom stereocenters. The number of rotatable bonds is 10. The first-order valence-electron chi connectivity index (χ1n) is 17.2. The van der Waals surface area contributed by atoms with Crippen LogP contribution in [0.5, 0.6) is 5.75 Å². The number of esters is 1. The zero-order valence-corrected chi connectivity index (χ0v) is 27.9. The van der Waals surface area contributed by atoms with E-state index in [1.807, 2.05) is 48.6 Å². The van der Waals surface area contributed by atoms with E-state index in [4.69, 9.17) is 9.47 Å². The molecule has 49 heavy (non-hydrogen) atoms. The van der Waals surface area contributed by atoms with Crippen molar-refractivity contribution in [2.45, 2.75) is 45.1 Å². The van der Waals surface area contributed by atoms with Gasteiger partial charge in [0.05, 0.1) is 12.2 Å². The third-order valence-corrected chi connectivity index (χ3v) is 9.42. The van der Waals surface area contributed by atoms with Crippen LogP contribution in [-0.2, 0) is 16.8 Å². The van der Waals surface area contributed by atoms with Crippen LogP contribution < -0.4 is 4.74 Å². The molecule has 0 amide bonds. The number of hydrogen-bond donors (Lipinski definition) is 0. The van der Waals surface area contributed by atoms with E-state index < -0.39 is 11.6 Å². The average molecular weight is 647 g/mol. The van der Waals surface area contributed by atoms with Crippen LogP contribution in [0.3, 0.4) is 0 Å². The minimum absolute atomic E-state index is 0.258. The van der Waals surface area contributed by atoms with Gasteiger partial charge in [-0.15, -0.1) is 0 Å². The highest BCUT2D eigenvalue weighted by atomic mass is 19.1. The van der Waals surface area contributed by atoms with Crippen molar-refractivity contribution in [1.82, 2.24) is 0 Å². The standard InChI is InChI=1S/C45H39FO3/c1-3-5-7-10-31-13-15-32(16-14-31)33-17-19-34(20-18-33)35-21-26-40-36(29-35)30-42(44(47)48-4-2)41-27-28-45(49-43(40)41,37-11-8-6-9-12-37)38-22-24-39(46)25-23-38/h6,8-9,11-30H,3-5,7,10H2,1-2H3. The van der Waals surface area contributed by atoms with Crippen LogP contribution in [-0.4, -0.2) is 12.6 Å². The van der Waals surface area contributed by atoms with Crippen molar-refractivity contribution in [2.75, 3.05) is 6.61 Å². The zero-order chi connectivity index (χ0) is 33.8. The Labute approximate surface area is 287 Å². The summed E-state index contributed by atoms with van der Waals surface area (Å²) in [7, 11) is 0.